The SMILES string of the molecule is CN(Cc1ccccc1)C(=O)c1cc(C(=O)NCc2ccccn2)ccn1. The number of carbonyl (C=O) groups is 2. The van der Waals surface area contributed by atoms with Crippen LogP contribution in [-0.2, 0) is 13.1 Å². The number of amides is 2. The van der Waals surface area contributed by atoms with Crippen LogP contribution in [0.4, 0.5) is 0 Å². The summed E-state index contributed by atoms with van der Waals surface area (Å²) in [7, 11) is 1.71. The topological polar surface area (TPSA) is 75.2 Å². The average molecular weight is 360 g/mol. The van der Waals surface area contributed by atoms with Crippen molar-refractivity contribution in [3.63, 3.8) is 0 Å². The number of hydrogen-bond donors (Lipinski definition) is 1. The summed E-state index contributed by atoms with van der Waals surface area (Å²) in [6, 6.07) is 18.3. The van der Waals surface area contributed by atoms with E-state index in [0.29, 0.717) is 18.7 Å². The normalized spacial score (nSPS) is 10.3. The molecule has 6 nitrogen and oxygen atoms in total. The Balaban J connectivity index is 1.65. The Morgan fingerprint density at radius 2 is 1.74 bits per heavy atom. The van der Waals surface area contributed by atoms with Gasteiger partial charge in [0.1, 0.15) is 5.69 Å². The van der Waals surface area contributed by atoms with Crippen molar-refractivity contribution in [2.24, 2.45) is 0 Å². The molecule has 0 bridgehead atoms. The number of aromatic nitrogens is 2. The Morgan fingerprint density at radius 1 is 0.963 bits per heavy atom. The van der Waals surface area contributed by atoms with Gasteiger partial charge in [0.15, 0.2) is 0 Å². The van der Waals surface area contributed by atoms with Crippen LogP contribution >= 0.6 is 0 Å². The fourth-order valence-electron chi connectivity index (χ4n) is 2.59. The molecule has 2 aromatic heterocycles. The second-order valence-electron chi connectivity index (χ2n) is 6.08. The Morgan fingerprint density at radius 3 is 2.48 bits per heavy atom. The van der Waals surface area contributed by atoms with Crippen LogP contribution in [0.3, 0.4) is 0 Å². The van der Waals surface area contributed by atoms with Crippen molar-refractivity contribution in [3.05, 3.63) is 95.6 Å². The molecule has 0 fully saturated rings. The van der Waals surface area contributed by atoms with E-state index in [1.807, 2.05) is 48.5 Å². The molecule has 0 atom stereocenters. The molecule has 1 aromatic carbocycles. The lowest BCUT2D eigenvalue weighted by atomic mass is 10.2. The number of nitrogens with zero attached hydrogens (tertiary/aromatic N) is 3. The first-order valence-corrected chi connectivity index (χ1v) is 8.57. The summed E-state index contributed by atoms with van der Waals surface area (Å²) in [4.78, 5) is 34.8. The summed E-state index contributed by atoms with van der Waals surface area (Å²) >= 11 is 0. The van der Waals surface area contributed by atoms with Crippen molar-refractivity contribution in [3.8, 4) is 0 Å². The Labute approximate surface area is 157 Å². The number of benzene rings is 1. The predicted octanol–water partition coefficient (Wildman–Crippen LogP) is 2.68. The lowest BCUT2D eigenvalue weighted by Crippen LogP contribution is -2.28. The largest absolute Gasteiger partial charge is 0.346 e. The van der Waals surface area contributed by atoms with Crippen molar-refractivity contribution in [1.29, 1.82) is 0 Å². The van der Waals surface area contributed by atoms with E-state index in [-0.39, 0.29) is 17.5 Å². The minimum absolute atomic E-state index is 0.235. The molecule has 0 unspecified atom stereocenters. The molecule has 0 spiro atoms. The van der Waals surface area contributed by atoms with Crippen LogP contribution in [-0.4, -0.2) is 33.7 Å². The van der Waals surface area contributed by atoms with Gasteiger partial charge in [-0.2, -0.15) is 0 Å². The van der Waals surface area contributed by atoms with Gasteiger partial charge >= 0.3 is 0 Å². The van der Waals surface area contributed by atoms with Crippen molar-refractivity contribution in [2.45, 2.75) is 13.1 Å². The van der Waals surface area contributed by atoms with Gasteiger partial charge in [0.05, 0.1) is 12.2 Å². The standard InChI is InChI=1S/C21H20N4O2/c1-25(15-16-7-3-2-4-8-16)21(27)19-13-17(10-12-23-19)20(26)24-14-18-9-5-6-11-22-18/h2-13H,14-15H2,1H3,(H,24,26). The van der Waals surface area contributed by atoms with Gasteiger partial charge in [0.2, 0.25) is 0 Å². The van der Waals surface area contributed by atoms with Gasteiger partial charge in [0.25, 0.3) is 11.8 Å². The van der Waals surface area contributed by atoms with Crippen molar-refractivity contribution in [2.75, 3.05) is 7.05 Å². The molecule has 0 aliphatic heterocycles. The highest BCUT2D eigenvalue weighted by Gasteiger charge is 2.16. The lowest BCUT2D eigenvalue weighted by molar-refractivity contribution is 0.0779. The van der Waals surface area contributed by atoms with Gasteiger partial charge < -0.3 is 10.2 Å². The maximum Gasteiger partial charge on any atom is 0.272 e. The zero-order chi connectivity index (χ0) is 19.1. The third-order valence-electron chi connectivity index (χ3n) is 4.01. The second-order valence-corrected chi connectivity index (χ2v) is 6.08. The van der Waals surface area contributed by atoms with E-state index >= 15 is 0 Å². The molecule has 6 heteroatoms. The lowest BCUT2D eigenvalue weighted by Gasteiger charge is -2.17. The van der Waals surface area contributed by atoms with E-state index in [0.717, 1.165) is 11.3 Å². The van der Waals surface area contributed by atoms with E-state index in [4.69, 9.17) is 0 Å². The number of nitrogens with one attached hydrogen (secondary N) is 1. The maximum absolute atomic E-state index is 12.6. The highest BCUT2D eigenvalue weighted by molar-refractivity contribution is 5.98. The van der Waals surface area contributed by atoms with Crippen LogP contribution in [0.2, 0.25) is 0 Å². The minimum atomic E-state index is -0.275. The molecule has 2 heterocycles. The summed E-state index contributed by atoms with van der Waals surface area (Å²) in [5, 5.41) is 2.80. The Bertz CT molecular complexity index is 914. The maximum atomic E-state index is 12.6. The van der Waals surface area contributed by atoms with Gasteiger partial charge in [-0.05, 0) is 29.8 Å². The van der Waals surface area contributed by atoms with Gasteiger partial charge in [-0.25, -0.2) is 0 Å². The monoisotopic (exact) mass is 360 g/mol. The van der Waals surface area contributed by atoms with Crippen molar-refractivity contribution < 1.29 is 9.59 Å². The van der Waals surface area contributed by atoms with E-state index in [2.05, 4.69) is 15.3 Å². The Hall–Kier alpha value is -3.54. The minimum Gasteiger partial charge on any atom is -0.346 e. The van der Waals surface area contributed by atoms with Crippen molar-refractivity contribution >= 4 is 11.8 Å². The number of carbonyl (C=O) groups excluding carboxylic acids is 2. The molecule has 27 heavy (non-hydrogen) atoms. The molecule has 3 aromatic rings. The summed E-state index contributed by atoms with van der Waals surface area (Å²) in [6.45, 7) is 0.788. The fourth-order valence-corrected chi connectivity index (χ4v) is 2.59. The molecule has 0 aliphatic carbocycles. The van der Waals surface area contributed by atoms with Crippen molar-refractivity contribution in [1.82, 2.24) is 20.2 Å². The number of rotatable bonds is 6. The van der Waals surface area contributed by atoms with Gasteiger partial charge in [-0.1, -0.05) is 36.4 Å². The predicted molar refractivity (Wildman–Crippen MR) is 102 cm³/mol. The van der Waals surface area contributed by atoms with E-state index in [1.165, 1.54) is 12.3 Å². The summed E-state index contributed by atoms with van der Waals surface area (Å²) < 4.78 is 0. The van der Waals surface area contributed by atoms with Gasteiger partial charge in [-0.3, -0.25) is 19.6 Å². The molecular formula is C21H20N4O2. The summed E-state index contributed by atoms with van der Waals surface area (Å²) in [5.74, 6) is -0.513. The number of hydrogen-bond acceptors (Lipinski definition) is 4. The summed E-state index contributed by atoms with van der Waals surface area (Å²) in [6.07, 6.45) is 3.15. The second kappa shape index (κ2) is 8.71. The van der Waals surface area contributed by atoms with Gasteiger partial charge in [0, 0.05) is 31.5 Å². The molecular weight excluding hydrogens is 340 g/mol. The molecule has 3 rings (SSSR count). The molecule has 136 valence electrons. The highest BCUT2D eigenvalue weighted by Crippen LogP contribution is 2.09. The smallest absolute Gasteiger partial charge is 0.272 e. The molecule has 0 aliphatic rings. The van der Waals surface area contributed by atoms with E-state index < -0.39 is 0 Å². The van der Waals surface area contributed by atoms with Crippen LogP contribution in [0.15, 0.2) is 73.1 Å². The zero-order valence-corrected chi connectivity index (χ0v) is 15.0. The average Bonchev–Trinajstić information content (AvgIpc) is 2.73. The molecule has 1 N–H and O–H groups in total. The first-order chi connectivity index (χ1) is 13.1. The van der Waals surface area contributed by atoms with Gasteiger partial charge in [-0.15, -0.1) is 0 Å². The van der Waals surface area contributed by atoms with Crippen LogP contribution in [0, 0.1) is 0 Å². The first-order valence-electron chi connectivity index (χ1n) is 8.57. The van der Waals surface area contributed by atoms with Crippen LogP contribution < -0.4 is 5.32 Å². The summed E-state index contributed by atoms with van der Waals surface area (Å²) in [5.41, 5.74) is 2.41. The fraction of sp³-hybridized carbons (Fsp3) is 0.143. The van der Waals surface area contributed by atoms with Crippen LogP contribution in [0.25, 0.3) is 0 Å². The Kier molecular flexibility index (Phi) is 5.89. The van der Waals surface area contributed by atoms with Crippen LogP contribution in [0.1, 0.15) is 32.1 Å². The zero-order valence-electron chi connectivity index (χ0n) is 15.0. The van der Waals surface area contributed by atoms with Crippen LogP contribution in [0.5, 0.6) is 0 Å². The molecule has 0 saturated carbocycles. The third-order valence-corrected chi connectivity index (χ3v) is 4.01. The highest BCUT2D eigenvalue weighted by atomic mass is 16.2. The quantitative estimate of drug-likeness (QED) is 0.733. The molecule has 0 saturated heterocycles. The number of pyridine rings is 2. The molecule has 0 radical (unpaired) electrons. The first kappa shape index (κ1) is 18.3. The molecule has 2 amide bonds. The van der Waals surface area contributed by atoms with E-state index in [9.17, 15) is 9.59 Å². The third kappa shape index (κ3) is 4.98. The van der Waals surface area contributed by atoms with E-state index in [1.54, 1.807) is 24.2 Å².